The molecule has 1 amide bonds. The van der Waals surface area contributed by atoms with Crippen LogP contribution in [-0.2, 0) is 16.7 Å². The lowest BCUT2D eigenvalue weighted by atomic mass is 9.73. The third-order valence-corrected chi connectivity index (χ3v) is 6.65. The number of benzene rings is 2. The van der Waals surface area contributed by atoms with E-state index in [2.05, 4.69) is 40.5 Å². The second kappa shape index (κ2) is 8.36. The van der Waals surface area contributed by atoms with Gasteiger partial charge in [0.1, 0.15) is 5.60 Å². The van der Waals surface area contributed by atoms with Crippen molar-refractivity contribution in [2.24, 2.45) is 0 Å². The molecule has 2 aromatic rings. The summed E-state index contributed by atoms with van der Waals surface area (Å²) in [4.78, 5) is 16.9. The number of hydrogen-bond donors (Lipinski definition) is 1. The number of nitrogens with one attached hydrogen (secondary N) is 1. The third kappa shape index (κ3) is 4.53. The van der Waals surface area contributed by atoms with E-state index in [9.17, 15) is 4.79 Å². The van der Waals surface area contributed by atoms with Crippen molar-refractivity contribution in [2.75, 3.05) is 36.9 Å². The summed E-state index contributed by atoms with van der Waals surface area (Å²) in [5.74, 6) is 0. The summed E-state index contributed by atoms with van der Waals surface area (Å²) < 4.78 is 5.63. The van der Waals surface area contributed by atoms with Crippen molar-refractivity contribution in [3.8, 4) is 0 Å². The molecule has 5 nitrogen and oxygen atoms in total. The number of fused-ring (bicyclic) bond motifs is 2. The first-order valence-corrected chi connectivity index (χ1v) is 11.4. The molecular formula is C25H32ClN3O2. The molecule has 4 rings (SSSR count). The van der Waals surface area contributed by atoms with Gasteiger partial charge in [0, 0.05) is 36.8 Å². The van der Waals surface area contributed by atoms with E-state index in [-0.39, 0.29) is 11.5 Å². The average molecular weight is 442 g/mol. The van der Waals surface area contributed by atoms with Gasteiger partial charge in [-0.05, 0) is 64.4 Å². The minimum atomic E-state index is -0.561. The maximum Gasteiger partial charge on any atom is 0.414 e. The van der Waals surface area contributed by atoms with Crippen LogP contribution in [0.3, 0.4) is 0 Å². The number of carbonyl (C=O) groups excluding carboxylic acids is 1. The van der Waals surface area contributed by atoms with Gasteiger partial charge in [0.05, 0.1) is 10.7 Å². The molecule has 2 aromatic carbocycles. The van der Waals surface area contributed by atoms with Crippen molar-refractivity contribution in [2.45, 2.75) is 51.2 Å². The molecule has 1 N–H and O–H groups in total. The minimum absolute atomic E-state index is 0.0287. The number of rotatable bonds is 3. The SMILES string of the molecule is CN(C(=O)OC(C)(C)C)c1c(Cl)ccc2c1C1(CCN(Cc3ccccc3)CC1)CN2. The number of piperidine rings is 1. The van der Waals surface area contributed by atoms with Gasteiger partial charge in [0.25, 0.3) is 0 Å². The number of carbonyl (C=O) groups is 1. The van der Waals surface area contributed by atoms with E-state index in [1.165, 1.54) is 5.56 Å². The molecule has 0 aromatic heterocycles. The normalized spacial score (nSPS) is 17.8. The van der Waals surface area contributed by atoms with Gasteiger partial charge in [0.15, 0.2) is 0 Å². The molecule has 2 aliphatic rings. The Labute approximate surface area is 190 Å². The number of likely N-dealkylation sites (tertiary alicyclic amines) is 1. The maximum atomic E-state index is 12.9. The number of hydrogen-bond acceptors (Lipinski definition) is 4. The highest BCUT2D eigenvalue weighted by atomic mass is 35.5. The summed E-state index contributed by atoms with van der Waals surface area (Å²) in [5.41, 5.74) is 3.76. The lowest BCUT2D eigenvalue weighted by Gasteiger charge is -2.41. The fraction of sp³-hybridized carbons (Fsp3) is 0.480. The molecule has 1 saturated heterocycles. The number of anilines is 2. The first-order chi connectivity index (χ1) is 14.7. The van der Waals surface area contributed by atoms with Crippen molar-refractivity contribution >= 4 is 29.1 Å². The Bertz CT molecular complexity index is 947. The fourth-order valence-electron chi connectivity index (χ4n) is 4.76. The van der Waals surface area contributed by atoms with Crippen LogP contribution in [0.25, 0.3) is 0 Å². The Hall–Kier alpha value is -2.24. The van der Waals surface area contributed by atoms with Crippen LogP contribution in [0.1, 0.15) is 44.7 Å². The third-order valence-electron chi connectivity index (χ3n) is 6.34. The van der Waals surface area contributed by atoms with E-state index in [1.807, 2.05) is 32.9 Å². The van der Waals surface area contributed by atoms with Gasteiger partial charge >= 0.3 is 6.09 Å². The van der Waals surface area contributed by atoms with Crippen molar-refractivity contribution < 1.29 is 9.53 Å². The molecule has 2 heterocycles. The topological polar surface area (TPSA) is 44.8 Å². The molecule has 0 bridgehead atoms. The molecule has 166 valence electrons. The number of halogens is 1. The average Bonchev–Trinajstić information content (AvgIpc) is 3.07. The van der Waals surface area contributed by atoms with Gasteiger partial charge in [-0.25, -0.2) is 4.79 Å². The maximum absolute atomic E-state index is 12.9. The fourth-order valence-corrected chi connectivity index (χ4v) is 5.04. The quantitative estimate of drug-likeness (QED) is 0.666. The molecule has 1 fully saturated rings. The van der Waals surface area contributed by atoms with Gasteiger partial charge in [-0.2, -0.15) is 0 Å². The molecule has 2 aliphatic heterocycles. The smallest absolute Gasteiger partial charge is 0.414 e. The van der Waals surface area contributed by atoms with Crippen LogP contribution in [0.2, 0.25) is 5.02 Å². The van der Waals surface area contributed by atoms with Crippen LogP contribution in [0.15, 0.2) is 42.5 Å². The number of nitrogens with zero attached hydrogens (tertiary/aromatic N) is 2. The highest BCUT2D eigenvalue weighted by Crippen LogP contribution is 2.51. The van der Waals surface area contributed by atoms with Crippen LogP contribution in [0, 0.1) is 0 Å². The first-order valence-electron chi connectivity index (χ1n) is 11.0. The second-order valence-electron chi connectivity index (χ2n) is 9.75. The number of amides is 1. The van der Waals surface area contributed by atoms with Gasteiger partial charge in [-0.15, -0.1) is 0 Å². The molecular weight excluding hydrogens is 410 g/mol. The van der Waals surface area contributed by atoms with Crippen molar-refractivity contribution in [1.82, 2.24) is 4.90 Å². The van der Waals surface area contributed by atoms with E-state index in [0.29, 0.717) is 5.02 Å². The highest BCUT2D eigenvalue weighted by Gasteiger charge is 2.45. The van der Waals surface area contributed by atoms with E-state index in [1.54, 1.807) is 11.9 Å². The first kappa shape index (κ1) is 22.0. The zero-order valence-electron chi connectivity index (χ0n) is 18.9. The molecule has 0 aliphatic carbocycles. The predicted molar refractivity (Wildman–Crippen MR) is 127 cm³/mol. The van der Waals surface area contributed by atoms with Gasteiger partial charge < -0.3 is 10.1 Å². The van der Waals surface area contributed by atoms with Crippen LogP contribution in [0.5, 0.6) is 0 Å². The molecule has 6 heteroatoms. The Morgan fingerprint density at radius 1 is 1.16 bits per heavy atom. The summed E-state index contributed by atoms with van der Waals surface area (Å²) in [7, 11) is 1.76. The molecule has 31 heavy (non-hydrogen) atoms. The predicted octanol–water partition coefficient (Wildman–Crippen LogP) is 5.67. The Morgan fingerprint density at radius 2 is 1.84 bits per heavy atom. The molecule has 0 atom stereocenters. The Morgan fingerprint density at radius 3 is 2.48 bits per heavy atom. The van der Waals surface area contributed by atoms with E-state index in [4.69, 9.17) is 16.3 Å². The van der Waals surface area contributed by atoms with Crippen LogP contribution in [-0.4, -0.2) is 43.3 Å². The largest absolute Gasteiger partial charge is 0.443 e. The summed E-state index contributed by atoms with van der Waals surface area (Å²) in [6.45, 7) is 9.49. The number of ether oxygens (including phenoxy) is 1. The van der Waals surface area contributed by atoms with Crippen molar-refractivity contribution in [3.05, 3.63) is 58.6 Å². The monoisotopic (exact) mass is 441 g/mol. The molecule has 0 unspecified atom stereocenters. The zero-order chi connectivity index (χ0) is 22.2. The van der Waals surface area contributed by atoms with E-state index < -0.39 is 5.60 Å². The molecule has 0 saturated carbocycles. The van der Waals surface area contributed by atoms with Crippen LogP contribution < -0.4 is 10.2 Å². The van der Waals surface area contributed by atoms with E-state index >= 15 is 0 Å². The Balaban J connectivity index is 1.58. The second-order valence-corrected chi connectivity index (χ2v) is 10.2. The summed E-state index contributed by atoms with van der Waals surface area (Å²) in [6.07, 6.45) is 1.66. The van der Waals surface area contributed by atoms with Crippen LogP contribution >= 0.6 is 11.6 Å². The summed E-state index contributed by atoms with van der Waals surface area (Å²) >= 11 is 6.67. The van der Waals surface area contributed by atoms with Crippen molar-refractivity contribution in [1.29, 1.82) is 0 Å². The standard InChI is InChI=1S/C25H32ClN3O2/c1-24(2,3)31-23(30)28(4)22-19(26)10-11-20-21(22)25(17-27-20)12-14-29(15-13-25)16-18-8-6-5-7-9-18/h5-11,27H,12-17H2,1-4H3. The van der Waals surface area contributed by atoms with Gasteiger partial charge in [-0.3, -0.25) is 9.80 Å². The Kier molecular flexibility index (Phi) is 5.93. The molecule has 0 radical (unpaired) electrons. The summed E-state index contributed by atoms with van der Waals surface area (Å²) in [5, 5.41) is 4.16. The minimum Gasteiger partial charge on any atom is -0.443 e. The molecule has 1 spiro atoms. The van der Waals surface area contributed by atoms with E-state index in [0.717, 1.165) is 56.0 Å². The zero-order valence-corrected chi connectivity index (χ0v) is 19.6. The lowest BCUT2D eigenvalue weighted by molar-refractivity contribution is 0.0588. The highest BCUT2D eigenvalue weighted by molar-refractivity contribution is 6.34. The van der Waals surface area contributed by atoms with Crippen LogP contribution in [0.4, 0.5) is 16.2 Å². The van der Waals surface area contributed by atoms with Crippen molar-refractivity contribution in [3.63, 3.8) is 0 Å². The summed E-state index contributed by atoms with van der Waals surface area (Å²) in [6, 6.07) is 14.5. The van der Waals surface area contributed by atoms with Gasteiger partial charge in [-0.1, -0.05) is 41.9 Å². The lowest BCUT2D eigenvalue weighted by Crippen LogP contribution is -2.44. The van der Waals surface area contributed by atoms with Gasteiger partial charge in [0.2, 0.25) is 0 Å².